The molecule has 1 aromatic rings. The van der Waals surface area contributed by atoms with Crippen molar-refractivity contribution in [2.45, 2.75) is 0 Å². The third kappa shape index (κ3) is 1.83. The highest BCUT2D eigenvalue weighted by atomic mass is 127. The molecule has 76 valence electrons. The van der Waals surface area contributed by atoms with Gasteiger partial charge in [-0.3, -0.25) is 0 Å². The topological polar surface area (TPSA) is 36.4 Å². The summed E-state index contributed by atoms with van der Waals surface area (Å²) in [4.78, 5) is 6.33. The molecule has 0 aromatic carbocycles. The van der Waals surface area contributed by atoms with Crippen molar-refractivity contribution < 1.29 is 5.11 Å². The van der Waals surface area contributed by atoms with Crippen LogP contribution in [0.25, 0.3) is 0 Å². The van der Waals surface area contributed by atoms with Crippen LogP contribution in [0.4, 0.5) is 5.82 Å². The molecule has 5 heteroatoms. The number of rotatable bonds is 2. The fourth-order valence-corrected chi connectivity index (χ4v) is 2.12. The lowest BCUT2D eigenvalue weighted by Gasteiger charge is -2.39. The van der Waals surface area contributed by atoms with E-state index < -0.39 is 0 Å². The van der Waals surface area contributed by atoms with E-state index in [0.29, 0.717) is 10.9 Å². The summed E-state index contributed by atoms with van der Waals surface area (Å²) in [7, 11) is 0. The zero-order chi connectivity index (χ0) is 10.1. The standard InChI is InChI=1S/C9H10ClIN2O/c10-8-7(11)1-2-12-9(8)13-3-6(4-13)5-14/h1-2,6,14H,3-5H2. The van der Waals surface area contributed by atoms with Crippen LogP contribution in [0.15, 0.2) is 12.3 Å². The highest BCUT2D eigenvalue weighted by Gasteiger charge is 2.28. The van der Waals surface area contributed by atoms with Crippen molar-refractivity contribution in [1.29, 1.82) is 0 Å². The minimum Gasteiger partial charge on any atom is -0.396 e. The van der Waals surface area contributed by atoms with E-state index in [-0.39, 0.29) is 6.61 Å². The van der Waals surface area contributed by atoms with Gasteiger partial charge in [0.2, 0.25) is 0 Å². The Morgan fingerprint density at radius 1 is 1.64 bits per heavy atom. The molecule has 0 aliphatic carbocycles. The van der Waals surface area contributed by atoms with Crippen molar-refractivity contribution in [1.82, 2.24) is 4.98 Å². The van der Waals surface area contributed by atoms with Gasteiger partial charge in [-0.2, -0.15) is 0 Å². The normalized spacial score (nSPS) is 16.9. The van der Waals surface area contributed by atoms with Gasteiger partial charge in [-0.05, 0) is 28.7 Å². The number of aliphatic hydroxyl groups is 1. The minimum absolute atomic E-state index is 0.248. The summed E-state index contributed by atoms with van der Waals surface area (Å²) < 4.78 is 1.02. The van der Waals surface area contributed by atoms with E-state index in [9.17, 15) is 0 Å². The monoisotopic (exact) mass is 324 g/mol. The predicted molar refractivity (Wildman–Crippen MR) is 64.8 cm³/mol. The zero-order valence-corrected chi connectivity index (χ0v) is 10.4. The summed E-state index contributed by atoms with van der Waals surface area (Å²) in [6.45, 7) is 1.95. The predicted octanol–water partition coefficient (Wildman–Crippen LogP) is 1.77. The molecule has 1 aliphatic heterocycles. The minimum atomic E-state index is 0.248. The quantitative estimate of drug-likeness (QED) is 0.842. The Kier molecular flexibility index (Phi) is 3.14. The van der Waals surface area contributed by atoms with E-state index in [2.05, 4.69) is 32.5 Å². The lowest BCUT2D eigenvalue weighted by molar-refractivity contribution is 0.200. The first-order chi connectivity index (χ1) is 6.72. The Bertz CT molecular complexity index is 342. The Hall–Kier alpha value is -0.0700. The summed E-state index contributed by atoms with van der Waals surface area (Å²) in [6, 6.07) is 1.88. The lowest BCUT2D eigenvalue weighted by atomic mass is 10.0. The Balaban J connectivity index is 2.14. The van der Waals surface area contributed by atoms with Gasteiger partial charge in [0, 0.05) is 35.4 Å². The average molecular weight is 325 g/mol. The van der Waals surface area contributed by atoms with Crippen molar-refractivity contribution in [2.75, 3.05) is 24.6 Å². The van der Waals surface area contributed by atoms with E-state index in [1.165, 1.54) is 0 Å². The number of halogens is 2. The Morgan fingerprint density at radius 3 is 3.00 bits per heavy atom. The van der Waals surface area contributed by atoms with Crippen molar-refractivity contribution in [3.8, 4) is 0 Å². The molecule has 1 N–H and O–H groups in total. The second-order valence-electron chi connectivity index (χ2n) is 3.38. The SMILES string of the molecule is OCC1CN(c2nccc(I)c2Cl)C1. The fraction of sp³-hybridized carbons (Fsp3) is 0.444. The van der Waals surface area contributed by atoms with E-state index in [4.69, 9.17) is 16.7 Å². The molecule has 14 heavy (non-hydrogen) atoms. The van der Waals surface area contributed by atoms with Crippen molar-refractivity contribution in [3.05, 3.63) is 20.9 Å². The number of pyridine rings is 1. The first-order valence-corrected chi connectivity index (χ1v) is 5.84. The zero-order valence-electron chi connectivity index (χ0n) is 7.45. The van der Waals surface area contributed by atoms with Gasteiger partial charge in [-0.15, -0.1) is 0 Å². The van der Waals surface area contributed by atoms with Gasteiger partial charge in [0.25, 0.3) is 0 Å². The van der Waals surface area contributed by atoms with E-state index in [1.807, 2.05) is 6.07 Å². The maximum absolute atomic E-state index is 8.89. The highest BCUT2D eigenvalue weighted by molar-refractivity contribution is 14.1. The fourth-order valence-electron chi connectivity index (χ4n) is 1.49. The number of aromatic nitrogens is 1. The highest BCUT2D eigenvalue weighted by Crippen LogP contribution is 2.31. The molecule has 0 amide bonds. The van der Waals surface area contributed by atoms with E-state index in [1.54, 1.807) is 6.20 Å². The second kappa shape index (κ2) is 4.20. The first kappa shape index (κ1) is 10.4. The third-order valence-electron chi connectivity index (χ3n) is 2.34. The molecule has 1 aliphatic rings. The summed E-state index contributed by atoms with van der Waals surface area (Å²) in [6.07, 6.45) is 1.76. The lowest BCUT2D eigenvalue weighted by Crippen LogP contribution is -2.49. The summed E-state index contributed by atoms with van der Waals surface area (Å²) >= 11 is 8.31. The maximum Gasteiger partial charge on any atom is 0.148 e. The second-order valence-corrected chi connectivity index (χ2v) is 4.92. The molecule has 0 atom stereocenters. The van der Waals surface area contributed by atoms with Crippen molar-refractivity contribution in [3.63, 3.8) is 0 Å². The molecule has 0 saturated carbocycles. The van der Waals surface area contributed by atoms with Crippen LogP contribution < -0.4 is 4.90 Å². The summed E-state index contributed by atoms with van der Waals surface area (Å²) in [5.74, 6) is 1.22. The molecule has 3 nitrogen and oxygen atoms in total. The van der Waals surface area contributed by atoms with Crippen molar-refractivity contribution in [2.24, 2.45) is 5.92 Å². The molecular weight excluding hydrogens is 314 g/mol. The molecule has 1 fully saturated rings. The Labute approximate surface area is 101 Å². The van der Waals surface area contributed by atoms with Crippen LogP contribution in [0.3, 0.4) is 0 Å². The number of nitrogens with zero attached hydrogens (tertiary/aromatic N) is 2. The van der Waals surface area contributed by atoms with E-state index >= 15 is 0 Å². The maximum atomic E-state index is 8.89. The van der Waals surface area contributed by atoms with Crippen LogP contribution in [0.2, 0.25) is 5.02 Å². The van der Waals surface area contributed by atoms with Crippen LogP contribution in [0.1, 0.15) is 0 Å². The molecule has 0 spiro atoms. The van der Waals surface area contributed by atoms with Crippen LogP contribution >= 0.6 is 34.2 Å². The van der Waals surface area contributed by atoms with Crippen LogP contribution in [-0.4, -0.2) is 29.8 Å². The molecule has 2 rings (SSSR count). The van der Waals surface area contributed by atoms with Gasteiger partial charge in [-0.1, -0.05) is 11.6 Å². The number of aliphatic hydroxyl groups excluding tert-OH is 1. The summed E-state index contributed by atoms with van der Waals surface area (Å²) in [5, 5.41) is 9.61. The van der Waals surface area contributed by atoms with Crippen LogP contribution in [0.5, 0.6) is 0 Å². The molecule has 1 aromatic heterocycles. The number of hydrogen-bond donors (Lipinski definition) is 1. The summed E-state index contributed by atoms with van der Waals surface area (Å²) in [5.41, 5.74) is 0. The first-order valence-electron chi connectivity index (χ1n) is 4.38. The van der Waals surface area contributed by atoms with Gasteiger partial charge in [0.05, 0.1) is 5.02 Å². The van der Waals surface area contributed by atoms with Gasteiger partial charge < -0.3 is 10.0 Å². The molecule has 0 radical (unpaired) electrons. The van der Waals surface area contributed by atoms with Gasteiger partial charge in [-0.25, -0.2) is 4.98 Å². The van der Waals surface area contributed by atoms with Crippen molar-refractivity contribution >= 4 is 40.0 Å². The van der Waals surface area contributed by atoms with Gasteiger partial charge >= 0.3 is 0 Å². The smallest absolute Gasteiger partial charge is 0.148 e. The molecule has 0 unspecified atom stereocenters. The van der Waals surface area contributed by atoms with Gasteiger partial charge in [0.15, 0.2) is 0 Å². The molecule has 0 bridgehead atoms. The van der Waals surface area contributed by atoms with Crippen LogP contribution in [-0.2, 0) is 0 Å². The molecule has 1 saturated heterocycles. The van der Waals surface area contributed by atoms with E-state index in [0.717, 1.165) is 22.5 Å². The average Bonchev–Trinajstić information content (AvgIpc) is 2.10. The third-order valence-corrected chi connectivity index (χ3v) is 3.93. The largest absolute Gasteiger partial charge is 0.396 e. The number of anilines is 1. The number of hydrogen-bond acceptors (Lipinski definition) is 3. The van der Waals surface area contributed by atoms with Crippen LogP contribution in [0, 0.1) is 9.49 Å². The molecular formula is C9H10ClIN2O. The Morgan fingerprint density at radius 2 is 2.36 bits per heavy atom. The molecule has 2 heterocycles. The van der Waals surface area contributed by atoms with Gasteiger partial charge in [0.1, 0.15) is 5.82 Å².